The zero-order valence-corrected chi connectivity index (χ0v) is 12.1. The lowest BCUT2D eigenvalue weighted by Gasteiger charge is -2.18. The molecule has 1 aliphatic rings. The summed E-state index contributed by atoms with van der Waals surface area (Å²) in [4.78, 5) is 12.4. The van der Waals surface area contributed by atoms with Crippen LogP contribution in [0.15, 0.2) is 54.6 Å². The van der Waals surface area contributed by atoms with Crippen molar-refractivity contribution in [3.8, 4) is 0 Å². The van der Waals surface area contributed by atoms with Crippen LogP contribution >= 0.6 is 0 Å². The van der Waals surface area contributed by atoms with E-state index in [-0.39, 0.29) is 12.5 Å². The van der Waals surface area contributed by atoms with Gasteiger partial charge in [-0.15, -0.1) is 0 Å². The standard InChI is InChI=1S/C18H18FNO2/c19-15-8-4-5-13(11-15)16(21)12-20-17(22)18(9-10-18)14-6-2-1-3-7-14/h1-8,11,16,21H,9-10,12H2,(H,20,22)/t16-/m1/s1. The summed E-state index contributed by atoms with van der Waals surface area (Å²) in [5.74, 6) is -0.472. The molecule has 3 rings (SSSR count). The highest BCUT2D eigenvalue weighted by Gasteiger charge is 2.51. The van der Waals surface area contributed by atoms with Crippen LogP contribution in [0.2, 0.25) is 0 Å². The normalized spacial score (nSPS) is 16.8. The molecule has 0 heterocycles. The van der Waals surface area contributed by atoms with Gasteiger partial charge >= 0.3 is 0 Å². The molecule has 0 aromatic heterocycles. The lowest BCUT2D eigenvalue weighted by atomic mass is 9.95. The van der Waals surface area contributed by atoms with Crippen molar-refractivity contribution in [3.63, 3.8) is 0 Å². The van der Waals surface area contributed by atoms with Gasteiger partial charge in [0.25, 0.3) is 0 Å². The molecule has 0 spiro atoms. The molecule has 1 amide bonds. The molecule has 22 heavy (non-hydrogen) atoms. The summed E-state index contributed by atoms with van der Waals surface area (Å²) in [5, 5.41) is 12.9. The van der Waals surface area contributed by atoms with Gasteiger partial charge in [0, 0.05) is 6.54 Å². The van der Waals surface area contributed by atoms with Gasteiger partial charge in [0.2, 0.25) is 5.91 Å². The van der Waals surface area contributed by atoms with Gasteiger partial charge in [-0.05, 0) is 36.1 Å². The van der Waals surface area contributed by atoms with Crippen LogP contribution in [0.3, 0.4) is 0 Å². The van der Waals surface area contributed by atoms with Crippen LogP contribution in [0.25, 0.3) is 0 Å². The summed E-state index contributed by atoms with van der Waals surface area (Å²) in [6, 6.07) is 15.5. The first-order valence-corrected chi connectivity index (χ1v) is 7.39. The second kappa shape index (κ2) is 5.89. The first kappa shape index (κ1) is 14.7. The van der Waals surface area contributed by atoms with E-state index in [9.17, 15) is 14.3 Å². The Morgan fingerprint density at radius 3 is 2.55 bits per heavy atom. The number of amides is 1. The number of halogens is 1. The maximum absolute atomic E-state index is 13.1. The van der Waals surface area contributed by atoms with Crippen LogP contribution in [0, 0.1) is 5.82 Å². The lowest BCUT2D eigenvalue weighted by Crippen LogP contribution is -2.37. The highest BCUT2D eigenvalue weighted by molar-refractivity contribution is 5.91. The van der Waals surface area contributed by atoms with Crippen molar-refractivity contribution < 1.29 is 14.3 Å². The number of carbonyl (C=O) groups excluding carboxylic acids is 1. The average Bonchev–Trinajstić information content (AvgIpc) is 3.35. The van der Waals surface area contributed by atoms with E-state index in [1.807, 2.05) is 30.3 Å². The van der Waals surface area contributed by atoms with Crippen molar-refractivity contribution in [1.82, 2.24) is 5.32 Å². The molecule has 1 atom stereocenters. The molecule has 4 heteroatoms. The number of carbonyl (C=O) groups is 1. The highest BCUT2D eigenvalue weighted by Crippen LogP contribution is 2.48. The Labute approximate surface area is 128 Å². The molecule has 0 unspecified atom stereocenters. The van der Waals surface area contributed by atoms with Gasteiger partial charge in [-0.25, -0.2) is 4.39 Å². The van der Waals surface area contributed by atoms with Crippen molar-refractivity contribution in [3.05, 3.63) is 71.5 Å². The summed E-state index contributed by atoms with van der Waals surface area (Å²) in [5.41, 5.74) is 1.01. The fourth-order valence-corrected chi connectivity index (χ4v) is 2.72. The summed E-state index contributed by atoms with van der Waals surface area (Å²) < 4.78 is 13.1. The van der Waals surface area contributed by atoms with E-state index in [1.165, 1.54) is 12.1 Å². The average molecular weight is 299 g/mol. The molecule has 114 valence electrons. The third kappa shape index (κ3) is 2.88. The Kier molecular flexibility index (Phi) is 3.94. The summed E-state index contributed by atoms with van der Waals surface area (Å²) >= 11 is 0. The number of hydrogen-bond donors (Lipinski definition) is 2. The molecule has 1 fully saturated rings. The zero-order chi connectivity index (χ0) is 15.6. The molecule has 3 nitrogen and oxygen atoms in total. The fraction of sp³-hybridized carbons (Fsp3) is 0.278. The van der Waals surface area contributed by atoms with E-state index in [2.05, 4.69) is 5.32 Å². The van der Waals surface area contributed by atoms with Crippen LogP contribution in [-0.4, -0.2) is 17.6 Å². The number of aliphatic hydroxyl groups excluding tert-OH is 1. The van der Waals surface area contributed by atoms with Crippen molar-refractivity contribution in [2.45, 2.75) is 24.4 Å². The minimum Gasteiger partial charge on any atom is -0.387 e. The van der Waals surface area contributed by atoms with Gasteiger partial charge in [-0.3, -0.25) is 4.79 Å². The van der Waals surface area contributed by atoms with E-state index >= 15 is 0 Å². The largest absolute Gasteiger partial charge is 0.387 e. The molecule has 2 aromatic carbocycles. The summed E-state index contributed by atoms with van der Waals surface area (Å²) in [7, 11) is 0. The van der Waals surface area contributed by atoms with Gasteiger partial charge < -0.3 is 10.4 Å². The van der Waals surface area contributed by atoms with E-state index in [4.69, 9.17) is 0 Å². The SMILES string of the molecule is O=C(NC[C@@H](O)c1cccc(F)c1)C1(c2ccccc2)CC1. The van der Waals surface area contributed by atoms with Crippen LogP contribution in [0.1, 0.15) is 30.1 Å². The molecular weight excluding hydrogens is 281 g/mol. The monoisotopic (exact) mass is 299 g/mol. The molecule has 0 aliphatic heterocycles. The second-order valence-electron chi connectivity index (χ2n) is 5.73. The van der Waals surface area contributed by atoms with Gasteiger partial charge in [0.05, 0.1) is 11.5 Å². The maximum atomic E-state index is 13.1. The molecule has 2 aromatic rings. The van der Waals surface area contributed by atoms with Crippen LogP contribution in [-0.2, 0) is 10.2 Å². The zero-order valence-electron chi connectivity index (χ0n) is 12.1. The quantitative estimate of drug-likeness (QED) is 0.892. The predicted molar refractivity (Wildman–Crippen MR) is 81.7 cm³/mol. The van der Waals surface area contributed by atoms with Crippen LogP contribution in [0.5, 0.6) is 0 Å². The molecule has 0 radical (unpaired) electrons. The summed E-state index contributed by atoms with van der Waals surface area (Å²) in [6.07, 6.45) is 0.726. The first-order valence-electron chi connectivity index (χ1n) is 7.39. The Morgan fingerprint density at radius 2 is 1.91 bits per heavy atom. The van der Waals surface area contributed by atoms with Crippen molar-refractivity contribution in [1.29, 1.82) is 0 Å². The lowest BCUT2D eigenvalue weighted by molar-refractivity contribution is -0.124. The molecule has 0 saturated heterocycles. The third-order valence-corrected chi connectivity index (χ3v) is 4.20. The maximum Gasteiger partial charge on any atom is 0.230 e. The predicted octanol–water partition coefficient (Wildman–Crippen LogP) is 2.71. The number of aliphatic hydroxyl groups is 1. The summed E-state index contributed by atoms with van der Waals surface area (Å²) in [6.45, 7) is 0.0802. The van der Waals surface area contributed by atoms with Crippen LogP contribution in [0.4, 0.5) is 4.39 Å². The molecular formula is C18H18FNO2. The van der Waals surface area contributed by atoms with E-state index in [0.717, 1.165) is 18.4 Å². The molecule has 0 bridgehead atoms. The number of nitrogens with one attached hydrogen (secondary N) is 1. The molecule has 2 N–H and O–H groups in total. The van der Waals surface area contributed by atoms with E-state index in [1.54, 1.807) is 12.1 Å². The topological polar surface area (TPSA) is 49.3 Å². The van der Waals surface area contributed by atoms with Gasteiger partial charge in [-0.1, -0.05) is 42.5 Å². The van der Waals surface area contributed by atoms with Crippen LogP contribution < -0.4 is 5.32 Å². The fourth-order valence-electron chi connectivity index (χ4n) is 2.72. The van der Waals surface area contributed by atoms with Gasteiger partial charge in [0.1, 0.15) is 5.82 Å². The molecule has 1 saturated carbocycles. The number of hydrogen-bond acceptors (Lipinski definition) is 2. The van der Waals surface area contributed by atoms with Gasteiger partial charge in [-0.2, -0.15) is 0 Å². The smallest absolute Gasteiger partial charge is 0.230 e. The first-order chi connectivity index (χ1) is 10.6. The Balaban J connectivity index is 1.63. The van der Waals surface area contributed by atoms with Gasteiger partial charge in [0.15, 0.2) is 0 Å². The van der Waals surface area contributed by atoms with E-state index < -0.39 is 17.3 Å². The molecule has 1 aliphatic carbocycles. The van der Waals surface area contributed by atoms with Crippen molar-refractivity contribution >= 4 is 5.91 Å². The van der Waals surface area contributed by atoms with Crippen molar-refractivity contribution in [2.75, 3.05) is 6.54 Å². The Bertz CT molecular complexity index is 668. The van der Waals surface area contributed by atoms with E-state index in [0.29, 0.717) is 5.56 Å². The Hall–Kier alpha value is -2.20. The number of rotatable bonds is 5. The number of benzene rings is 2. The third-order valence-electron chi connectivity index (χ3n) is 4.20. The Morgan fingerprint density at radius 1 is 1.18 bits per heavy atom. The minimum atomic E-state index is -0.911. The second-order valence-corrected chi connectivity index (χ2v) is 5.73. The highest BCUT2D eigenvalue weighted by atomic mass is 19.1. The minimum absolute atomic E-state index is 0.0749. The van der Waals surface area contributed by atoms with Crippen molar-refractivity contribution in [2.24, 2.45) is 0 Å².